The lowest BCUT2D eigenvalue weighted by Gasteiger charge is -2.23. The maximum atomic E-state index is 11.8. The van der Waals surface area contributed by atoms with Gasteiger partial charge in [0, 0.05) is 30.3 Å². The van der Waals surface area contributed by atoms with Gasteiger partial charge in [0.15, 0.2) is 0 Å². The molecule has 0 spiro atoms. The zero-order valence-electron chi connectivity index (χ0n) is 18.7. The number of nitrogens with one attached hydrogen (secondary N) is 2. The van der Waals surface area contributed by atoms with Crippen LogP contribution in [0.5, 0.6) is 5.75 Å². The van der Waals surface area contributed by atoms with Gasteiger partial charge in [0.05, 0.1) is 30.2 Å². The van der Waals surface area contributed by atoms with Crippen molar-refractivity contribution in [2.45, 2.75) is 24.7 Å². The van der Waals surface area contributed by atoms with Crippen LogP contribution < -0.4 is 14.8 Å². The summed E-state index contributed by atoms with van der Waals surface area (Å²) in [5, 5.41) is 12.8. The highest BCUT2D eigenvalue weighted by atomic mass is 32.2. The van der Waals surface area contributed by atoms with Crippen LogP contribution in [0, 0.1) is 11.3 Å². The molecule has 1 aliphatic heterocycles. The predicted octanol–water partition coefficient (Wildman–Crippen LogP) is 3.37. The standard InChI is InChI=1S/C24H25N5O4S/c1-26-34(30,31)16-17-3-2-4-20(13-17)28-24-27-10-7-22(29-24)18-5-6-23(19(14-18)15-25)33-21-8-11-32-12-9-21/h2-7,10,13-14,21,26H,8-9,11-12,16H2,1H3,(H,27,28,29). The molecule has 1 fully saturated rings. The van der Waals surface area contributed by atoms with Gasteiger partial charge in [-0.2, -0.15) is 5.26 Å². The lowest BCUT2D eigenvalue weighted by Crippen LogP contribution is -2.26. The highest BCUT2D eigenvalue weighted by Gasteiger charge is 2.17. The van der Waals surface area contributed by atoms with E-state index >= 15 is 0 Å². The fourth-order valence-corrected chi connectivity index (χ4v) is 4.35. The number of nitrogens with zero attached hydrogens (tertiary/aromatic N) is 3. The summed E-state index contributed by atoms with van der Waals surface area (Å²) in [5.41, 5.74) is 3.14. The molecular weight excluding hydrogens is 454 g/mol. The van der Waals surface area contributed by atoms with E-state index in [-0.39, 0.29) is 11.9 Å². The van der Waals surface area contributed by atoms with E-state index < -0.39 is 10.0 Å². The summed E-state index contributed by atoms with van der Waals surface area (Å²) < 4.78 is 37.4. The van der Waals surface area contributed by atoms with Crippen LogP contribution in [0.1, 0.15) is 24.0 Å². The van der Waals surface area contributed by atoms with Crippen molar-refractivity contribution >= 4 is 21.7 Å². The van der Waals surface area contributed by atoms with Gasteiger partial charge in [0.25, 0.3) is 0 Å². The number of aromatic nitrogens is 2. The van der Waals surface area contributed by atoms with Crippen molar-refractivity contribution in [2.24, 2.45) is 0 Å². The lowest BCUT2D eigenvalue weighted by atomic mass is 10.1. The van der Waals surface area contributed by atoms with Crippen LogP contribution in [0.4, 0.5) is 11.6 Å². The lowest BCUT2D eigenvalue weighted by molar-refractivity contribution is 0.0254. The molecule has 3 aromatic rings. The van der Waals surface area contributed by atoms with Gasteiger partial charge in [0.2, 0.25) is 16.0 Å². The summed E-state index contributed by atoms with van der Waals surface area (Å²) in [6.45, 7) is 1.32. The summed E-state index contributed by atoms with van der Waals surface area (Å²) in [6, 6.07) is 16.4. The van der Waals surface area contributed by atoms with E-state index in [4.69, 9.17) is 9.47 Å². The fraction of sp³-hybridized carbons (Fsp3) is 0.292. The quantitative estimate of drug-likeness (QED) is 0.504. The van der Waals surface area contributed by atoms with Crippen LogP contribution in [-0.2, 0) is 20.5 Å². The Labute approximate surface area is 198 Å². The summed E-state index contributed by atoms with van der Waals surface area (Å²) in [7, 11) is -1.99. The van der Waals surface area contributed by atoms with Gasteiger partial charge in [-0.3, -0.25) is 0 Å². The van der Waals surface area contributed by atoms with Crippen molar-refractivity contribution < 1.29 is 17.9 Å². The van der Waals surface area contributed by atoms with Gasteiger partial charge in [0.1, 0.15) is 17.9 Å². The van der Waals surface area contributed by atoms with Gasteiger partial charge in [-0.15, -0.1) is 0 Å². The maximum absolute atomic E-state index is 11.8. The van der Waals surface area contributed by atoms with Crippen molar-refractivity contribution in [1.29, 1.82) is 5.26 Å². The van der Waals surface area contributed by atoms with E-state index in [1.54, 1.807) is 42.6 Å². The molecule has 0 aliphatic carbocycles. The number of sulfonamides is 1. The summed E-state index contributed by atoms with van der Waals surface area (Å²) in [5.74, 6) is 0.783. The van der Waals surface area contributed by atoms with Crippen LogP contribution in [0.3, 0.4) is 0 Å². The zero-order valence-corrected chi connectivity index (χ0v) is 19.5. The van der Waals surface area contributed by atoms with Crippen molar-refractivity contribution in [3.8, 4) is 23.1 Å². The zero-order chi connectivity index (χ0) is 24.0. The van der Waals surface area contributed by atoms with E-state index in [1.165, 1.54) is 7.05 Å². The van der Waals surface area contributed by atoms with Gasteiger partial charge in [-0.05, 0) is 49.0 Å². The number of anilines is 2. The van der Waals surface area contributed by atoms with Gasteiger partial charge >= 0.3 is 0 Å². The van der Waals surface area contributed by atoms with E-state index in [0.717, 1.165) is 18.4 Å². The Morgan fingerprint density at radius 1 is 1.18 bits per heavy atom. The number of nitriles is 1. The van der Waals surface area contributed by atoms with E-state index in [1.807, 2.05) is 12.1 Å². The molecular formula is C24H25N5O4S. The first-order chi connectivity index (χ1) is 16.5. The second-order valence-corrected chi connectivity index (χ2v) is 9.73. The Hall–Kier alpha value is -3.52. The second kappa shape index (κ2) is 10.6. The third-order valence-corrected chi connectivity index (χ3v) is 6.70. The number of benzene rings is 2. The van der Waals surface area contributed by atoms with E-state index in [0.29, 0.717) is 47.4 Å². The largest absolute Gasteiger partial charge is 0.489 e. The first-order valence-corrected chi connectivity index (χ1v) is 12.5. The molecule has 10 heteroatoms. The molecule has 2 N–H and O–H groups in total. The number of hydrogen-bond acceptors (Lipinski definition) is 8. The van der Waals surface area contributed by atoms with Crippen LogP contribution in [0.2, 0.25) is 0 Å². The minimum Gasteiger partial charge on any atom is -0.489 e. The Kier molecular flexibility index (Phi) is 7.37. The van der Waals surface area contributed by atoms with Crippen LogP contribution in [0.15, 0.2) is 54.7 Å². The van der Waals surface area contributed by atoms with Crippen molar-refractivity contribution in [1.82, 2.24) is 14.7 Å². The summed E-state index contributed by atoms with van der Waals surface area (Å²) in [6.07, 6.45) is 3.27. The minimum absolute atomic E-state index is 0.0420. The smallest absolute Gasteiger partial charge is 0.227 e. The molecule has 1 aromatic heterocycles. The second-order valence-electron chi connectivity index (χ2n) is 7.81. The van der Waals surface area contributed by atoms with Gasteiger partial charge in [-0.1, -0.05) is 12.1 Å². The molecule has 0 atom stereocenters. The van der Waals surface area contributed by atoms with Crippen molar-refractivity contribution in [3.63, 3.8) is 0 Å². The maximum Gasteiger partial charge on any atom is 0.227 e. The first-order valence-electron chi connectivity index (χ1n) is 10.8. The Bertz CT molecular complexity index is 1300. The SMILES string of the molecule is CNS(=O)(=O)Cc1cccc(Nc2nccc(-c3ccc(OC4CCOCC4)c(C#N)c3)n2)c1. The molecule has 4 rings (SSSR count). The average molecular weight is 480 g/mol. The molecule has 34 heavy (non-hydrogen) atoms. The summed E-state index contributed by atoms with van der Waals surface area (Å²) >= 11 is 0. The molecule has 0 radical (unpaired) electrons. The highest BCUT2D eigenvalue weighted by Crippen LogP contribution is 2.28. The van der Waals surface area contributed by atoms with Crippen LogP contribution >= 0.6 is 0 Å². The van der Waals surface area contributed by atoms with E-state index in [2.05, 4.69) is 26.1 Å². The Morgan fingerprint density at radius 3 is 2.76 bits per heavy atom. The minimum atomic E-state index is -3.38. The average Bonchev–Trinajstić information content (AvgIpc) is 2.85. The van der Waals surface area contributed by atoms with E-state index in [9.17, 15) is 13.7 Å². The van der Waals surface area contributed by atoms with Crippen molar-refractivity contribution in [3.05, 3.63) is 65.9 Å². The summed E-state index contributed by atoms with van der Waals surface area (Å²) in [4.78, 5) is 8.82. The molecule has 1 saturated heterocycles. The number of rotatable bonds is 8. The third kappa shape index (κ3) is 6.08. The van der Waals surface area contributed by atoms with Gasteiger partial charge < -0.3 is 14.8 Å². The monoisotopic (exact) mass is 479 g/mol. The molecule has 0 saturated carbocycles. The fourth-order valence-electron chi connectivity index (χ4n) is 3.59. The van der Waals surface area contributed by atoms with Crippen LogP contribution in [0.25, 0.3) is 11.3 Å². The molecule has 1 aliphatic rings. The molecule has 2 aromatic carbocycles. The molecule has 9 nitrogen and oxygen atoms in total. The first kappa shape index (κ1) is 23.6. The highest BCUT2D eigenvalue weighted by molar-refractivity contribution is 7.88. The molecule has 0 bridgehead atoms. The topological polar surface area (TPSA) is 126 Å². The number of ether oxygens (including phenoxy) is 2. The Balaban J connectivity index is 1.52. The van der Waals surface area contributed by atoms with Crippen LogP contribution in [-0.4, -0.2) is 44.8 Å². The predicted molar refractivity (Wildman–Crippen MR) is 128 cm³/mol. The molecule has 0 unspecified atom stereocenters. The Morgan fingerprint density at radius 2 is 2.00 bits per heavy atom. The third-order valence-electron chi connectivity index (χ3n) is 5.36. The molecule has 2 heterocycles. The number of hydrogen-bond donors (Lipinski definition) is 2. The molecule has 0 amide bonds. The van der Waals surface area contributed by atoms with Gasteiger partial charge in [-0.25, -0.2) is 23.1 Å². The normalized spacial score (nSPS) is 14.4. The molecule has 176 valence electrons. The van der Waals surface area contributed by atoms with Crippen molar-refractivity contribution in [2.75, 3.05) is 25.6 Å².